The second-order valence-corrected chi connectivity index (χ2v) is 11.6. The van der Waals surface area contributed by atoms with Gasteiger partial charge in [0.1, 0.15) is 18.3 Å². The second kappa shape index (κ2) is 11.1. The number of likely N-dealkylation sites (tertiary alicyclic amines) is 1. The van der Waals surface area contributed by atoms with E-state index in [1.807, 2.05) is 35.2 Å². The number of aliphatic hydroxyl groups excluding tert-OH is 2. The first-order chi connectivity index (χ1) is 18.9. The zero-order chi connectivity index (χ0) is 27.1. The van der Waals surface area contributed by atoms with Crippen LogP contribution in [0.25, 0.3) is 0 Å². The second-order valence-electron chi connectivity index (χ2n) is 11.6. The van der Waals surface area contributed by atoms with Crippen molar-refractivity contribution in [3.8, 4) is 0 Å². The fourth-order valence-electron chi connectivity index (χ4n) is 6.42. The number of morpholine rings is 1. The Hall–Kier alpha value is -2.57. The smallest absolute Gasteiger partial charge is 0.240 e. The highest BCUT2D eigenvalue weighted by molar-refractivity contribution is 5.83. The Balaban J connectivity index is 1.26. The summed E-state index contributed by atoms with van der Waals surface area (Å²) in [5.74, 6) is -0.363. The van der Waals surface area contributed by atoms with Gasteiger partial charge in [-0.3, -0.25) is 19.3 Å². The van der Waals surface area contributed by atoms with E-state index in [9.17, 15) is 24.6 Å². The molecule has 0 unspecified atom stereocenters. The van der Waals surface area contributed by atoms with Crippen molar-refractivity contribution in [2.75, 3.05) is 39.3 Å². The van der Waals surface area contributed by atoms with Crippen LogP contribution in [-0.2, 0) is 30.4 Å². The largest absolute Gasteiger partial charge is 0.388 e. The molecule has 1 aromatic rings. The summed E-state index contributed by atoms with van der Waals surface area (Å²) in [7, 11) is 0. The zero-order valence-corrected chi connectivity index (χ0v) is 22.1. The number of hydrogen-bond donors (Lipinski definition) is 3. The van der Waals surface area contributed by atoms with Crippen LogP contribution in [0.15, 0.2) is 30.3 Å². The first-order valence-electron chi connectivity index (χ1n) is 14.1. The first-order valence-corrected chi connectivity index (χ1v) is 14.1. The van der Waals surface area contributed by atoms with Crippen LogP contribution in [0.2, 0.25) is 0 Å². The lowest BCUT2D eigenvalue weighted by Crippen LogP contribution is -2.55. The SMILES string of the molecule is O=C1C[C@@H]2O[C@H](CN(C(=O)C3CC3)C[C@@H]3CN(CCO3)C(=O)[C@@H]3C[C@@H](CN3Cc3ccccc3)N1)[C@@H](O)[C@H]2O. The van der Waals surface area contributed by atoms with Gasteiger partial charge < -0.3 is 34.8 Å². The maximum atomic E-state index is 13.9. The van der Waals surface area contributed by atoms with E-state index in [0.717, 1.165) is 18.4 Å². The van der Waals surface area contributed by atoms with Crippen LogP contribution >= 0.6 is 0 Å². The molecule has 4 saturated heterocycles. The van der Waals surface area contributed by atoms with E-state index < -0.39 is 30.5 Å². The van der Waals surface area contributed by atoms with Crippen molar-refractivity contribution in [3.63, 3.8) is 0 Å². The average Bonchev–Trinajstić information content (AvgIpc) is 3.66. The summed E-state index contributed by atoms with van der Waals surface area (Å²) in [4.78, 5) is 45.7. The van der Waals surface area contributed by atoms with Gasteiger partial charge in [-0.2, -0.15) is 0 Å². The van der Waals surface area contributed by atoms with Crippen molar-refractivity contribution in [2.45, 2.75) is 74.8 Å². The van der Waals surface area contributed by atoms with Gasteiger partial charge in [-0.05, 0) is 24.8 Å². The molecule has 7 atom stereocenters. The van der Waals surface area contributed by atoms with E-state index in [1.165, 1.54) is 0 Å². The molecule has 3 amide bonds. The molecule has 0 spiro atoms. The minimum atomic E-state index is -1.23. The van der Waals surface area contributed by atoms with Crippen molar-refractivity contribution < 1.29 is 34.1 Å². The van der Waals surface area contributed by atoms with Crippen LogP contribution < -0.4 is 5.32 Å². The molecule has 4 heterocycles. The summed E-state index contributed by atoms with van der Waals surface area (Å²) in [6.07, 6.45) is -2.49. The predicted molar refractivity (Wildman–Crippen MR) is 138 cm³/mol. The summed E-state index contributed by atoms with van der Waals surface area (Å²) >= 11 is 0. The van der Waals surface area contributed by atoms with Crippen molar-refractivity contribution in [2.24, 2.45) is 5.92 Å². The monoisotopic (exact) mass is 542 g/mol. The van der Waals surface area contributed by atoms with Gasteiger partial charge in [0.15, 0.2) is 0 Å². The fourth-order valence-corrected chi connectivity index (χ4v) is 6.42. The molecule has 1 saturated carbocycles. The van der Waals surface area contributed by atoms with Crippen molar-refractivity contribution in [1.82, 2.24) is 20.0 Å². The molecular formula is C28H38N4O7. The molecule has 6 bridgehead atoms. The standard InChI is InChI=1S/C28H38N4O7/c33-24-11-22-25(34)26(35)23(39-22)16-32(27(36)18-6-7-18)15-20-14-30(8-9-38-20)28(37)21-10-19(29-24)13-31(21)12-17-4-2-1-3-5-17/h1-5,18-23,25-26,34-35H,6-16H2,(H,29,33)/t19-,20-,21-,22-,23+,25-,26+/m0/s1. The zero-order valence-electron chi connectivity index (χ0n) is 22.1. The number of rotatable bonds is 3. The lowest BCUT2D eigenvalue weighted by atomic mass is 10.0. The molecule has 6 rings (SSSR count). The molecular weight excluding hydrogens is 504 g/mol. The lowest BCUT2D eigenvalue weighted by molar-refractivity contribution is -0.147. The number of hydrogen-bond acceptors (Lipinski definition) is 8. The molecule has 212 valence electrons. The Morgan fingerprint density at radius 3 is 2.54 bits per heavy atom. The van der Waals surface area contributed by atoms with Gasteiger partial charge in [0, 0.05) is 51.2 Å². The Bertz CT molecular complexity index is 1070. The van der Waals surface area contributed by atoms with E-state index in [1.54, 1.807) is 4.90 Å². The summed E-state index contributed by atoms with van der Waals surface area (Å²) < 4.78 is 12.0. The Morgan fingerprint density at radius 1 is 1.00 bits per heavy atom. The molecule has 11 nitrogen and oxygen atoms in total. The van der Waals surface area contributed by atoms with Crippen molar-refractivity contribution in [3.05, 3.63) is 35.9 Å². The van der Waals surface area contributed by atoms with Crippen LogP contribution in [0.5, 0.6) is 0 Å². The maximum Gasteiger partial charge on any atom is 0.240 e. The van der Waals surface area contributed by atoms with E-state index in [4.69, 9.17) is 9.47 Å². The maximum absolute atomic E-state index is 13.9. The number of carbonyl (C=O) groups is 3. The third-order valence-corrected chi connectivity index (χ3v) is 8.64. The number of aliphatic hydroxyl groups is 2. The van der Waals surface area contributed by atoms with Crippen LogP contribution in [0, 0.1) is 5.92 Å². The van der Waals surface area contributed by atoms with Crippen molar-refractivity contribution >= 4 is 17.7 Å². The minimum absolute atomic E-state index is 0.0115. The number of amides is 3. The van der Waals surface area contributed by atoms with Crippen molar-refractivity contribution in [1.29, 1.82) is 0 Å². The lowest BCUT2D eigenvalue weighted by Gasteiger charge is -2.38. The predicted octanol–water partition coefficient (Wildman–Crippen LogP) is -0.895. The quantitative estimate of drug-likeness (QED) is 0.448. The number of benzene rings is 1. The number of nitrogens with zero attached hydrogens (tertiary/aromatic N) is 3. The Morgan fingerprint density at radius 2 is 1.77 bits per heavy atom. The molecule has 0 radical (unpaired) electrons. The number of nitrogens with one attached hydrogen (secondary N) is 1. The topological polar surface area (TPSA) is 132 Å². The number of carbonyl (C=O) groups excluding carboxylic acids is 3. The van der Waals surface area contributed by atoms with E-state index in [0.29, 0.717) is 39.2 Å². The minimum Gasteiger partial charge on any atom is -0.388 e. The van der Waals surface area contributed by atoms with Crippen LogP contribution in [0.3, 0.4) is 0 Å². The highest BCUT2D eigenvalue weighted by atomic mass is 16.5. The summed E-state index contributed by atoms with van der Waals surface area (Å²) in [6.45, 7) is 2.67. The van der Waals surface area contributed by atoms with Gasteiger partial charge in [0.2, 0.25) is 17.7 Å². The molecule has 5 aliphatic rings. The van der Waals surface area contributed by atoms with Crippen LogP contribution in [0.1, 0.15) is 31.2 Å². The normalized spacial score (nSPS) is 36.2. The average molecular weight is 543 g/mol. The van der Waals surface area contributed by atoms with Gasteiger partial charge in [-0.1, -0.05) is 30.3 Å². The third-order valence-electron chi connectivity index (χ3n) is 8.64. The highest BCUT2D eigenvalue weighted by Crippen LogP contribution is 2.33. The summed E-state index contributed by atoms with van der Waals surface area (Å²) in [5, 5.41) is 24.5. The fraction of sp³-hybridized carbons (Fsp3) is 0.679. The van der Waals surface area contributed by atoms with Crippen LogP contribution in [0.4, 0.5) is 0 Å². The molecule has 5 fully saturated rings. The van der Waals surface area contributed by atoms with Gasteiger partial charge in [0.25, 0.3) is 0 Å². The molecule has 1 aromatic carbocycles. The molecule has 11 heteroatoms. The molecule has 39 heavy (non-hydrogen) atoms. The Kier molecular flexibility index (Phi) is 7.60. The van der Waals surface area contributed by atoms with E-state index >= 15 is 0 Å². The third kappa shape index (κ3) is 5.83. The Labute approximate surface area is 228 Å². The van der Waals surface area contributed by atoms with Gasteiger partial charge in [0.05, 0.1) is 31.3 Å². The van der Waals surface area contributed by atoms with Gasteiger partial charge >= 0.3 is 0 Å². The van der Waals surface area contributed by atoms with Gasteiger partial charge in [-0.25, -0.2) is 0 Å². The summed E-state index contributed by atoms with van der Waals surface area (Å²) in [6, 6.07) is 9.33. The van der Waals surface area contributed by atoms with Gasteiger partial charge in [-0.15, -0.1) is 0 Å². The molecule has 1 aliphatic carbocycles. The van der Waals surface area contributed by atoms with E-state index in [-0.39, 0.29) is 55.3 Å². The van der Waals surface area contributed by atoms with Crippen LogP contribution in [-0.4, -0.2) is 125 Å². The molecule has 0 aromatic heterocycles. The highest BCUT2D eigenvalue weighted by Gasteiger charge is 2.47. The summed E-state index contributed by atoms with van der Waals surface area (Å²) in [5.41, 5.74) is 1.09. The first kappa shape index (κ1) is 26.6. The van der Waals surface area contributed by atoms with E-state index in [2.05, 4.69) is 10.2 Å². The molecule has 4 aliphatic heterocycles. The number of fused-ring (bicyclic) bond motifs is 6. The molecule has 3 N–H and O–H groups in total. The number of ether oxygens (including phenoxy) is 2.